The number of methoxy groups -OCH3 is 1. The summed E-state index contributed by atoms with van der Waals surface area (Å²) in [5.74, 6) is 8.00. The minimum absolute atomic E-state index is 0.510. The summed E-state index contributed by atoms with van der Waals surface area (Å²) >= 11 is 0. The van der Waals surface area contributed by atoms with Crippen molar-refractivity contribution in [1.82, 2.24) is 9.97 Å². The number of nitrogens with one attached hydrogen (secondary N) is 1. The molecule has 6 nitrogen and oxygen atoms in total. The lowest BCUT2D eigenvalue weighted by molar-refractivity contribution is 0.409. The van der Waals surface area contributed by atoms with Gasteiger partial charge >= 0.3 is 0 Å². The molecule has 0 bridgehead atoms. The molecule has 19 heavy (non-hydrogen) atoms. The zero-order valence-corrected chi connectivity index (χ0v) is 12.3. The van der Waals surface area contributed by atoms with Crippen LogP contribution in [-0.2, 0) is 0 Å². The van der Waals surface area contributed by atoms with Gasteiger partial charge in [-0.05, 0) is 12.8 Å². The number of ether oxygens (including phenoxy) is 1. The molecule has 1 aromatic heterocycles. The summed E-state index contributed by atoms with van der Waals surface area (Å²) in [6.45, 7) is 8.37. The zero-order chi connectivity index (χ0) is 14.3. The molecule has 0 saturated heterocycles. The van der Waals surface area contributed by atoms with E-state index in [2.05, 4.69) is 41.1 Å². The van der Waals surface area contributed by atoms with E-state index >= 15 is 0 Å². The molecule has 0 radical (unpaired) electrons. The van der Waals surface area contributed by atoms with Gasteiger partial charge in [0.25, 0.3) is 0 Å². The van der Waals surface area contributed by atoms with Gasteiger partial charge in [0.15, 0.2) is 11.6 Å². The predicted octanol–water partition coefficient (Wildman–Crippen LogP) is 2.03. The number of nitrogens with two attached hydrogens (primary N) is 1. The maximum absolute atomic E-state index is 5.45. The molecule has 1 heterocycles. The molecule has 0 aliphatic heterocycles. The van der Waals surface area contributed by atoms with E-state index in [-0.39, 0.29) is 0 Å². The highest BCUT2D eigenvalue weighted by Crippen LogP contribution is 2.31. The molecule has 1 rings (SSSR count). The first-order valence-corrected chi connectivity index (χ1v) is 6.82. The van der Waals surface area contributed by atoms with Crippen molar-refractivity contribution in [3.05, 3.63) is 6.33 Å². The lowest BCUT2D eigenvalue weighted by Crippen LogP contribution is -2.30. The smallest absolute Gasteiger partial charge is 0.205 e. The highest BCUT2D eigenvalue weighted by molar-refractivity contribution is 5.64. The minimum atomic E-state index is 0.510. The van der Waals surface area contributed by atoms with Crippen LogP contribution in [0.4, 0.5) is 11.6 Å². The molecule has 0 atom stereocenters. The Morgan fingerprint density at radius 3 is 2.47 bits per heavy atom. The second kappa shape index (κ2) is 7.78. The van der Waals surface area contributed by atoms with E-state index in [1.807, 2.05) is 0 Å². The number of aromatic nitrogens is 2. The van der Waals surface area contributed by atoms with Crippen LogP contribution in [0, 0.1) is 5.92 Å². The van der Waals surface area contributed by atoms with Crippen LogP contribution in [0.2, 0.25) is 0 Å². The number of hydrogen-bond donors (Lipinski definition) is 2. The molecule has 3 N–H and O–H groups in total. The van der Waals surface area contributed by atoms with E-state index in [1.54, 1.807) is 7.11 Å². The average molecular weight is 267 g/mol. The number of hydrogen-bond acceptors (Lipinski definition) is 6. The summed E-state index contributed by atoms with van der Waals surface area (Å²) in [6.07, 6.45) is 3.81. The summed E-state index contributed by atoms with van der Waals surface area (Å²) in [5.41, 5.74) is 2.54. The van der Waals surface area contributed by atoms with Crippen LogP contribution in [0.3, 0.4) is 0 Å². The van der Waals surface area contributed by atoms with Crippen molar-refractivity contribution in [2.24, 2.45) is 11.8 Å². The van der Waals surface area contributed by atoms with E-state index in [1.165, 1.54) is 6.33 Å². The second-order valence-corrected chi connectivity index (χ2v) is 4.44. The van der Waals surface area contributed by atoms with E-state index in [4.69, 9.17) is 10.6 Å². The molecule has 0 spiro atoms. The van der Waals surface area contributed by atoms with Crippen LogP contribution in [0.15, 0.2) is 6.33 Å². The SMILES string of the molecule is CCC(CC)CN(CC)c1ncnc(NN)c1OC. The van der Waals surface area contributed by atoms with Crippen LogP contribution in [0.25, 0.3) is 0 Å². The fourth-order valence-corrected chi connectivity index (χ4v) is 2.10. The molecule has 0 fully saturated rings. The van der Waals surface area contributed by atoms with E-state index in [0.717, 1.165) is 31.7 Å². The summed E-state index contributed by atoms with van der Waals surface area (Å²) in [4.78, 5) is 10.6. The number of rotatable bonds is 8. The first kappa shape index (κ1) is 15.5. The van der Waals surface area contributed by atoms with Gasteiger partial charge in [-0.1, -0.05) is 26.7 Å². The number of nitrogen functional groups attached to an aromatic ring is 1. The van der Waals surface area contributed by atoms with E-state index < -0.39 is 0 Å². The molecule has 0 aromatic carbocycles. The van der Waals surface area contributed by atoms with Crippen molar-refractivity contribution in [3.8, 4) is 5.75 Å². The van der Waals surface area contributed by atoms with Crippen molar-refractivity contribution in [3.63, 3.8) is 0 Å². The third kappa shape index (κ3) is 3.70. The van der Waals surface area contributed by atoms with Crippen LogP contribution in [0.1, 0.15) is 33.6 Å². The average Bonchev–Trinajstić information content (AvgIpc) is 2.47. The van der Waals surface area contributed by atoms with Crippen molar-refractivity contribution in [2.45, 2.75) is 33.6 Å². The molecular weight excluding hydrogens is 242 g/mol. The van der Waals surface area contributed by atoms with Crippen LogP contribution in [0.5, 0.6) is 5.75 Å². The van der Waals surface area contributed by atoms with Crippen LogP contribution < -0.4 is 20.9 Å². The maximum Gasteiger partial charge on any atom is 0.205 e. The normalized spacial score (nSPS) is 10.6. The second-order valence-electron chi connectivity index (χ2n) is 4.44. The Bertz CT molecular complexity index is 381. The summed E-state index contributed by atoms with van der Waals surface area (Å²) in [6, 6.07) is 0. The van der Waals surface area contributed by atoms with Gasteiger partial charge in [0, 0.05) is 13.1 Å². The fourth-order valence-electron chi connectivity index (χ4n) is 2.10. The van der Waals surface area contributed by atoms with Gasteiger partial charge in [0.1, 0.15) is 6.33 Å². The molecule has 0 amide bonds. The minimum Gasteiger partial charge on any atom is -0.490 e. The van der Waals surface area contributed by atoms with Gasteiger partial charge in [0.2, 0.25) is 5.75 Å². The number of anilines is 2. The molecule has 1 aromatic rings. The molecule has 0 unspecified atom stereocenters. The third-order valence-corrected chi connectivity index (χ3v) is 3.44. The lowest BCUT2D eigenvalue weighted by atomic mass is 10.0. The molecule has 108 valence electrons. The van der Waals surface area contributed by atoms with Gasteiger partial charge in [-0.3, -0.25) is 0 Å². The van der Waals surface area contributed by atoms with E-state index in [9.17, 15) is 0 Å². The Kier molecular flexibility index (Phi) is 6.35. The van der Waals surface area contributed by atoms with Gasteiger partial charge < -0.3 is 15.1 Å². The molecule has 0 aliphatic carbocycles. The Balaban J connectivity index is 3.03. The van der Waals surface area contributed by atoms with Gasteiger partial charge in [-0.2, -0.15) is 0 Å². The number of nitrogens with zero attached hydrogens (tertiary/aromatic N) is 3. The Labute approximate surface area is 115 Å². The molecular formula is C13H25N5O. The predicted molar refractivity (Wildman–Crippen MR) is 78.4 cm³/mol. The maximum atomic E-state index is 5.45. The standard InChI is InChI=1S/C13H25N5O/c1-5-10(6-2)8-18(7-3)13-11(19-4)12(17-14)15-9-16-13/h9-10H,5-8,14H2,1-4H3,(H,15,16,17). The van der Waals surface area contributed by atoms with Crippen LogP contribution >= 0.6 is 0 Å². The first-order valence-electron chi connectivity index (χ1n) is 6.82. The van der Waals surface area contributed by atoms with Crippen molar-refractivity contribution >= 4 is 11.6 Å². The zero-order valence-electron chi connectivity index (χ0n) is 12.3. The highest BCUT2D eigenvalue weighted by atomic mass is 16.5. The molecule has 0 saturated carbocycles. The lowest BCUT2D eigenvalue weighted by Gasteiger charge is -2.27. The largest absolute Gasteiger partial charge is 0.490 e. The first-order chi connectivity index (χ1) is 9.21. The molecule has 0 aliphatic rings. The quantitative estimate of drug-likeness (QED) is 0.554. The van der Waals surface area contributed by atoms with Gasteiger partial charge in [-0.25, -0.2) is 15.8 Å². The van der Waals surface area contributed by atoms with E-state index in [0.29, 0.717) is 17.5 Å². The summed E-state index contributed by atoms with van der Waals surface area (Å²) in [5, 5.41) is 0. The summed E-state index contributed by atoms with van der Waals surface area (Å²) in [7, 11) is 1.61. The Morgan fingerprint density at radius 1 is 1.32 bits per heavy atom. The monoisotopic (exact) mass is 267 g/mol. The highest BCUT2D eigenvalue weighted by Gasteiger charge is 2.18. The van der Waals surface area contributed by atoms with Crippen LogP contribution in [-0.4, -0.2) is 30.2 Å². The van der Waals surface area contributed by atoms with Gasteiger partial charge in [0.05, 0.1) is 7.11 Å². The van der Waals surface area contributed by atoms with Crippen molar-refractivity contribution in [1.29, 1.82) is 0 Å². The molecule has 6 heteroatoms. The van der Waals surface area contributed by atoms with Crippen molar-refractivity contribution < 1.29 is 4.74 Å². The van der Waals surface area contributed by atoms with Gasteiger partial charge in [-0.15, -0.1) is 0 Å². The Morgan fingerprint density at radius 2 is 2.00 bits per heavy atom. The summed E-state index contributed by atoms with van der Waals surface area (Å²) < 4.78 is 5.39. The topological polar surface area (TPSA) is 76.3 Å². The fraction of sp³-hybridized carbons (Fsp3) is 0.692. The number of hydrazine groups is 1. The third-order valence-electron chi connectivity index (χ3n) is 3.44. The Hall–Kier alpha value is -1.56. The van der Waals surface area contributed by atoms with Crippen molar-refractivity contribution in [2.75, 3.05) is 30.5 Å².